The van der Waals surface area contributed by atoms with E-state index in [4.69, 9.17) is 0 Å². The molecule has 4 nitrogen and oxygen atoms in total. The molecule has 1 amide bonds. The van der Waals surface area contributed by atoms with E-state index in [0.29, 0.717) is 24.8 Å². The average molecular weight is 399 g/mol. The molecule has 1 fully saturated rings. The second-order valence-corrected chi connectivity index (χ2v) is 6.63. The molecule has 2 aromatic carbocycles. The van der Waals surface area contributed by atoms with Gasteiger partial charge >= 0.3 is 6.18 Å². The lowest BCUT2D eigenvalue weighted by Gasteiger charge is -2.34. The van der Waals surface area contributed by atoms with Gasteiger partial charge in [0.25, 0.3) is 5.91 Å². The Hall–Kier alpha value is -2.68. The summed E-state index contributed by atoms with van der Waals surface area (Å²) in [7, 11) is 1.94. The Balaban J connectivity index is 1.89. The maximum absolute atomic E-state index is 13.5. The summed E-state index contributed by atoms with van der Waals surface area (Å²) in [4.78, 5) is 16.1. The fraction of sp³-hybridized carbons (Fsp3) is 0.316. The molecule has 28 heavy (non-hydrogen) atoms. The van der Waals surface area contributed by atoms with Gasteiger partial charge in [-0.05, 0) is 37.4 Å². The minimum Gasteiger partial charge on any atom is -0.369 e. The first-order valence-corrected chi connectivity index (χ1v) is 8.55. The van der Waals surface area contributed by atoms with E-state index in [1.54, 1.807) is 0 Å². The van der Waals surface area contributed by atoms with Crippen LogP contribution in [0.15, 0.2) is 36.4 Å². The average Bonchev–Trinajstić information content (AvgIpc) is 2.61. The Kier molecular flexibility index (Phi) is 5.55. The van der Waals surface area contributed by atoms with E-state index in [0.717, 1.165) is 37.4 Å². The summed E-state index contributed by atoms with van der Waals surface area (Å²) in [5.74, 6) is -3.02. The molecule has 1 heterocycles. The van der Waals surface area contributed by atoms with E-state index in [1.807, 2.05) is 11.9 Å². The molecule has 0 atom stereocenters. The van der Waals surface area contributed by atoms with Gasteiger partial charge in [0, 0.05) is 43.5 Å². The maximum atomic E-state index is 13.5. The van der Waals surface area contributed by atoms with Gasteiger partial charge in [0.15, 0.2) is 0 Å². The van der Waals surface area contributed by atoms with Crippen molar-refractivity contribution in [3.63, 3.8) is 0 Å². The number of rotatable bonds is 3. The summed E-state index contributed by atoms with van der Waals surface area (Å²) >= 11 is 0. The zero-order chi connectivity index (χ0) is 20.5. The van der Waals surface area contributed by atoms with E-state index in [9.17, 15) is 26.7 Å². The predicted molar refractivity (Wildman–Crippen MR) is 95.5 cm³/mol. The molecule has 1 saturated heterocycles. The Morgan fingerprint density at radius 3 is 2.14 bits per heavy atom. The van der Waals surface area contributed by atoms with Crippen LogP contribution in [0.4, 0.5) is 33.3 Å². The van der Waals surface area contributed by atoms with Crippen LogP contribution in [-0.2, 0) is 6.18 Å². The molecule has 0 unspecified atom stereocenters. The highest BCUT2D eigenvalue weighted by atomic mass is 19.4. The van der Waals surface area contributed by atoms with Crippen LogP contribution in [0.3, 0.4) is 0 Å². The van der Waals surface area contributed by atoms with Crippen molar-refractivity contribution in [2.45, 2.75) is 6.18 Å². The summed E-state index contributed by atoms with van der Waals surface area (Å²) < 4.78 is 67.2. The predicted octanol–water partition coefficient (Wildman–Crippen LogP) is 3.99. The minimum atomic E-state index is -4.71. The van der Waals surface area contributed by atoms with Gasteiger partial charge < -0.3 is 15.1 Å². The molecule has 0 spiro atoms. The SMILES string of the molecule is CN1CCN(c2ccc(NC(=O)c3cc(F)cc(F)c3)c(C(F)(F)F)c2)CC1. The molecular weight excluding hydrogens is 381 g/mol. The van der Waals surface area contributed by atoms with Crippen LogP contribution in [0.25, 0.3) is 0 Å². The van der Waals surface area contributed by atoms with Crippen molar-refractivity contribution in [1.82, 2.24) is 4.90 Å². The van der Waals surface area contributed by atoms with E-state index >= 15 is 0 Å². The van der Waals surface area contributed by atoms with Crippen LogP contribution in [0.2, 0.25) is 0 Å². The molecule has 150 valence electrons. The van der Waals surface area contributed by atoms with Gasteiger partial charge in [-0.15, -0.1) is 0 Å². The number of benzene rings is 2. The summed E-state index contributed by atoms with van der Waals surface area (Å²) in [6.45, 7) is 2.63. The highest BCUT2D eigenvalue weighted by Gasteiger charge is 2.35. The fourth-order valence-corrected chi connectivity index (χ4v) is 3.02. The van der Waals surface area contributed by atoms with Crippen molar-refractivity contribution in [1.29, 1.82) is 0 Å². The maximum Gasteiger partial charge on any atom is 0.418 e. The largest absolute Gasteiger partial charge is 0.418 e. The van der Waals surface area contributed by atoms with E-state index in [1.165, 1.54) is 6.07 Å². The Morgan fingerprint density at radius 2 is 1.57 bits per heavy atom. The third kappa shape index (κ3) is 4.59. The molecular formula is C19H18F5N3O. The zero-order valence-electron chi connectivity index (χ0n) is 15.0. The molecule has 0 aliphatic carbocycles. The quantitative estimate of drug-likeness (QED) is 0.793. The number of amides is 1. The Labute approximate surface area is 158 Å². The normalized spacial score (nSPS) is 15.6. The van der Waals surface area contributed by atoms with Crippen molar-refractivity contribution in [3.8, 4) is 0 Å². The molecule has 0 radical (unpaired) electrons. The number of likely N-dealkylation sites (N-methyl/N-ethyl adjacent to an activating group) is 1. The van der Waals surface area contributed by atoms with E-state index in [-0.39, 0.29) is 0 Å². The number of anilines is 2. The zero-order valence-corrected chi connectivity index (χ0v) is 15.0. The van der Waals surface area contributed by atoms with Gasteiger partial charge in [-0.25, -0.2) is 8.78 Å². The smallest absolute Gasteiger partial charge is 0.369 e. The van der Waals surface area contributed by atoms with Crippen LogP contribution in [-0.4, -0.2) is 44.0 Å². The number of halogens is 5. The topological polar surface area (TPSA) is 35.6 Å². The number of hydrogen-bond donors (Lipinski definition) is 1. The first-order chi connectivity index (χ1) is 13.1. The number of carbonyl (C=O) groups excluding carboxylic acids is 1. The van der Waals surface area contributed by atoms with Crippen molar-refractivity contribution >= 4 is 17.3 Å². The van der Waals surface area contributed by atoms with Gasteiger partial charge in [0.2, 0.25) is 0 Å². The summed E-state index contributed by atoms with van der Waals surface area (Å²) in [6.07, 6.45) is -4.71. The molecule has 3 rings (SSSR count). The van der Waals surface area contributed by atoms with Gasteiger partial charge in [0.1, 0.15) is 11.6 Å². The number of carbonyl (C=O) groups is 1. The van der Waals surface area contributed by atoms with Gasteiger partial charge in [-0.1, -0.05) is 0 Å². The second kappa shape index (κ2) is 7.75. The highest BCUT2D eigenvalue weighted by molar-refractivity contribution is 6.04. The summed E-state index contributed by atoms with van der Waals surface area (Å²) in [6, 6.07) is 5.71. The third-order valence-corrected chi connectivity index (χ3v) is 4.55. The standard InChI is InChI=1S/C19H18F5N3O/c1-26-4-6-27(7-5-26)15-2-3-17(16(11-15)19(22,23)24)25-18(28)12-8-13(20)10-14(21)9-12/h2-3,8-11H,4-7H2,1H3,(H,25,28). The lowest BCUT2D eigenvalue weighted by atomic mass is 10.1. The molecule has 1 N–H and O–H groups in total. The van der Waals surface area contributed by atoms with Crippen LogP contribution in [0.5, 0.6) is 0 Å². The summed E-state index contributed by atoms with van der Waals surface area (Å²) in [5.41, 5.74) is -1.50. The van der Waals surface area contributed by atoms with Crippen LogP contribution in [0.1, 0.15) is 15.9 Å². The number of alkyl halides is 3. The third-order valence-electron chi connectivity index (χ3n) is 4.55. The number of piperazine rings is 1. The summed E-state index contributed by atoms with van der Waals surface area (Å²) in [5, 5.41) is 2.11. The minimum absolute atomic E-state index is 0.398. The Bertz CT molecular complexity index is 856. The first-order valence-electron chi connectivity index (χ1n) is 8.55. The molecule has 0 aromatic heterocycles. The van der Waals surface area contributed by atoms with Gasteiger partial charge in [-0.3, -0.25) is 4.79 Å². The number of nitrogens with zero attached hydrogens (tertiary/aromatic N) is 2. The molecule has 0 bridgehead atoms. The van der Waals surface area contributed by atoms with Crippen molar-refractivity contribution < 1.29 is 26.7 Å². The molecule has 2 aromatic rings. The first kappa shape index (κ1) is 20.1. The second-order valence-electron chi connectivity index (χ2n) is 6.63. The van der Waals surface area contributed by atoms with Crippen molar-refractivity contribution in [3.05, 3.63) is 59.2 Å². The van der Waals surface area contributed by atoms with Gasteiger partial charge in [0.05, 0.1) is 11.3 Å². The van der Waals surface area contributed by atoms with Crippen LogP contribution < -0.4 is 10.2 Å². The monoisotopic (exact) mass is 399 g/mol. The Morgan fingerprint density at radius 1 is 0.964 bits per heavy atom. The van der Waals surface area contributed by atoms with Crippen molar-refractivity contribution in [2.24, 2.45) is 0 Å². The lowest BCUT2D eigenvalue weighted by molar-refractivity contribution is -0.136. The molecule has 1 aliphatic rings. The van der Waals surface area contributed by atoms with E-state index in [2.05, 4.69) is 10.2 Å². The number of nitrogens with one attached hydrogen (secondary N) is 1. The molecule has 9 heteroatoms. The molecule has 1 aliphatic heterocycles. The van der Waals surface area contributed by atoms with E-state index < -0.39 is 40.5 Å². The molecule has 0 saturated carbocycles. The highest BCUT2D eigenvalue weighted by Crippen LogP contribution is 2.37. The van der Waals surface area contributed by atoms with Crippen LogP contribution >= 0.6 is 0 Å². The van der Waals surface area contributed by atoms with Crippen LogP contribution in [0, 0.1) is 11.6 Å². The fourth-order valence-electron chi connectivity index (χ4n) is 3.02. The van der Waals surface area contributed by atoms with Crippen molar-refractivity contribution in [2.75, 3.05) is 43.4 Å². The van der Waals surface area contributed by atoms with Gasteiger partial charge in [-0.2, -0.15) is 13.2 Å². The number of hydrogen-bond acceptors (Lipinski definition) is 3. The lowest BCUT2D eigenvalue weighted by Crippen LogP contribution is -2.44.